The maximum absolute atomic E-state index is 12.7. The van der Waals surface area contributed by atoms with Crippen molar-refractivity contribution in [1.29, 1.82) is 0 Å². The van der Waals surface area contributed by atoms with E-state index in [1.807, 2.05) is 25.5 Å². The topological polar surface area (TPSA) is 71.1 Å². The van der Waals surface area contributed by atoms with Crippen LogP contribution in [0, 0.1) is 6.92 Å². The molecule has 0 aliphatic heterocycles. The summed E-state index contributed by atoms with van der Waals surface area (Å²) in [5.74, 6) is 0.352. The summed E-state index contributed by atoms with van der Waals surface area (Å²) < 4.78 is 0. The van der Waals surface area contributed by atoms with Crippen LogP contribution >= 0.6 is 34.7 Å². The molecule has 0 radical (unpaired) electrons. The van der Waals surface area contributed by atoms with Crippen molar-refractivity contribution in [2.75, 3.05) is 18.6 Å². The summed E-state index contributed by atoms with van der Waals surface area (Å²) in [6, 6.07) is 6.21. The van der Waals surface area contributed by atoms with Crippen LogP contribution in [0.1, 0.15) is 40.3 Å². The molecule has 0 aliphatic carbocycles. The highest BCUT2D eigenvalue weighted by Crippen LogP contribution is 2.19. The van der Waals surface area contributed by atoms with Crippen LogP contribution in [-0.4, -0.2) is 41.4 Å². The molecule has 0 fully saturated rings. The molecule has 0 unspecified atom stereocenters. The Balaban J connectivity index is 1.98. The van der Waals surface area contributed by atoms with Crippen LogP contribution in [0.25, 0.3) is 0 Å². The van der Waals surface area contributed by atoms with Crippen LogP contribution < -0.4 is 10.6 Å². The van der Waals surface area contributed by atoms with Gasteiger partial charge in [0.1, 0.15) is 6.04 Å². The maximum Gasteiger partial charge on any atom is 0.253 e. The van der Waals surface area contributed by atoms with E-state index in [2.05, 4.69) is 15.6 Å². The number of thiazole rings is 1. The zero-order chi connectivity index (χ0) is 19.8. The van der Waals surface area contributed by atoms with E-state index in [0.29, 0.717) is 23.6 Å². The van der Waals surface area contributed by atoms with Crippen molar-refractivity contribution < 1.29 is 9.59 Å². The highest BCUT2D eigenvalue weighted by atomic mass is 35.5. The lowest BCUT2D eigenvalue weighted by molar-refractivity contribution is -0.123. The van der Waals surface area contributed by atoms with E-state index in [1.165, 1.54) is 0 Å². The van der Waals surface area contributed by atoms with Gasteiger partial charge in [-0.25, -0.2) is 4.98 Å². The number of carbonyl (C=O) groups is 2. The first-order chi connectivity index (χ1) is 12.9. The molecule has 2 rings (SSSR count). The van der Waals surface area contributed by atoms with Gasteiger partial charge in [-0.1, -0.05) is 30.7 Å². The third-order valence-electron chi connectivity index (χ3n) is 3.99. The third-order valence-corrected chi connectivity index (χ3v) is 6.16. The molecule has 0 spiro atoms. The molecule has 2 atom stereocenters. The number of amides is 2. The van der Waals surface area contributed by atoms with Gasteiger partial charge in [0.05, 0.1) is 15.6 Å². The Morgan fingerprint density at radius 3 is 2.70 bits per heavy atom. The number of hydrogen-bond acceptors (Lipinski definition) is 5. The van der Waals surface area contributed by atoms with Crippen molar-refractivity contribution in [3.63, 3.8) is 0 Å². The fourth-order valence-electron chi connectivity index (χ4n) is 2.45. The summed E-state index contributed by atoms with van der Waals surface area (Å²) in [6.07, 6.45) is 2.52. The highest BCUT2D eigenvalue weighted by molar-refractivity contribution is 7.98. The van der Waals surface area contributed by atoms with Crippen LogP contribution in [0.4, 0.5) is 0 Å². The second-order valence-electron chi connectivity index (χ2n) is 6.26. The van der Waals surface area contributed by atoms with Gasteiger partial charge in [0.2, 0.25) is 5.91 Å². The summed E-state index contributed by atoms with van der Waals surface area (Å²) in [4.78, 5) is 29.6. The Kier molecular flexibility index (Phi) is 8.60. The van der Waals surface area contributed by atoms with Gasteiger partial charge >= 0.3 is 0 Å². The van der Waals surface area contributed by atoms with Crippen molar-refractivity contribution in [3.05, 3.63) is 50.9 Å². The number of nitrogens with one attached hydrogen (secondary N) is 2. The number of benzene rings is 1. The number of rotatable bonds is 9. The summed E-state index contributed by atoms with van der Waals surface area (Å²) >= 11 is 9.31. The lowest BCUT2D eigenvalue weighted by Crippen LogP contribution is -2.47. The van der Waals surface area contributed by atoms with Crippen LogP contribution in [0.5, 0.6) is 0 Å². The van der Waals surface area contributed by atoms with Crippen molar-refractivity contribution in [1.82, 2.24) is 15.6 Å². The van der Waals surface area contributed by atoms with Gasteiger partial charge in [0.15, 0.2) is 0 Å². The minimum atomic E-state index is -0.605. The molecule has 2 aromatic rings. The molecule has 5 nitrogen and oxygen atoms in total. The second kappa shape index (κ2) is 10.7. The predicted molar refractivity (Wildman–Crippen MR) is 114 cm³/mol. The zero-order valence-electron chi connectivity index (χ0n) is 15.6. The van der Waals surface area contributed by atoms with Gasteiger partial charge in [-0.2, -0.15) is 11.8 Å². The van der Waals surface area contributed by atoms with Gasteiger partial charge in [-0.15, -0.1) is 11.3 Å². The lowest BCUT2D eigenvalue weighted by atomic mass is 10.1. The molecule has 1 heterocycles. The Bertz CT molecular complexity index is 782. The van der Waals surface area contributed by atoms with E-state index in [0.717, 1.165) is 16.5 Å². The standard InChI is InChI=1S/C19H24ClN3O2S2/c1-12(19-22-13(2)11-27-19)10-21-18(25)16(8-9-26-3)23-17(24)14-6-4-5-7-15(14)20/h4-7,11-12,16H,8-10H2,1-3H3,(H,21,25)(H,23,24)/t12-,16-/m1/s1. The molecule has 0 bridgehead atoms. The number of nitrogens with zero attached hydrogens (tertiary/aromatic N) is 1. The number of carbonyl (C=O) groups excluding carboxylic acids is 2. The molecule has 1 aromatic heterocycles. The summed E-state index contributed by atoms with van der Waals surface area (Å²) in [6.45, 7) is 4.45. The second-order valence-corrected chi connectivity index (χ2v) is 8.54. The number of halogens is 1. The van der Waals surface area contributed by atoms with Gasteiger partial charge in [-0.3, -0.25) is 9.59 Å². The Morgan fingerprint density at radius 1 is 1.33 bits per heavy atom. The van der Waals surface area contributed by atoms with E-state index < -0.39 is 6.04 Å². The molecule has 27 heavy (non-hydrogen) atoms. The highest BCUT2D eigenvalue weighted by Gasteiger charge is 2.23. The zero-order valence-corrected chi connectivity index (χ0v) is 18.0. The molecule has 2 amide bonds. The minimum absolute atomic E-state index is 0.119. The van der Waals surface area contributed by atoms with E-state index in [4.69, 9.17) is 11.6 Å². The first-order valence-corrected chi connectivity index (χ1v) is 11.3. The van der Waals surface area contributed by atoms with Gasteiger partial charge in [-0.05, 0) is 37.5 Å². The number of thioether (sulfide) groups is 1. The summed E-state index contributed by atoms with van der Waals surface area (Å²) in [5, 5.41) is 9.12. The number of aryl methyl sites for hydroxylation is 1. The maximum atomic E-state index is 12.7. The quantitative estimate of drug-likeness (QED) is 0.639. The van der Waals surface area contributed by atoms with E-state index >= 15 is 0 Å². The fourth-order valence-corrected chi connectivity index (χ4v) is 4.00. The number of hydrogen-bond donors (Lipinski definition) is 2. The molecule has 146 valence electrons. The van der Waals surface area contributed by atoms with E-state index in [1.54, 1.807) is 47.4 Å². The summed E-state index contributed by atoms with van der Waals surface area (Å²) in [7, 11) is 0. The van der Waals surface area contributed by atoms with E-state index in [9.17, 15) is 9.59 Å². The predicted octanol–water partition coefficient (Wildman–Crippen LogP) is 3.88. The average molecular weight is 426 g/mol. The molecular formula is C19H24ClN3O2S2. The van der Waals surface area contributed by atoms with Crippen molar-refractivity contribution in [2.45, 2.75) is 32.2 Å². The number of aromatic nitrogens is 1. The van der Waals surface area contributed by atoms with Crippen molar-refractivity contribution in [3.8, 4) is 0 Å². The Morgan fingerprint density at radius 2 is 2.07 bits per heavy atom. The van der Waals surface area contributed by atoms with Gasteiger partial charge in [0.25, 0.3) is 5.91 Å². The first kappa shape index (κ1) is 21.7. The SMILES string of the molecule is CSCC[C@@H](NC(=O)c1ccccc1Cl)C(=O)NC[C@@H](C)c1nc(C)cs1. The lowest BCUT2D eigenvalue weighted by Gasteiger charge is -2.19. The molecule has 0 saturated carbocycles. The molecule has 2 N–H and O–H groups in total. The molecule has 0 saturated heterocycles. The summed E-state index contributed by atoms with van der Waals surface area (Å²) in [5.41, 5.74) is 1.35. The van der Waals surface area contributed by atoms with E-state index in [-0.39, 0.29) is 17.7 Å². The Labute approximate surface area is 173 Å². The van der Waals surface area contributed by atoms with Crippen LogP contribution in [0.15, 0.2) is 29.6 Å². The van der Waals surface area contributed by atoms with Crippen molar-refractivity contribution >= 4 is 46.5 Å². The van der Waals surface area contributed by atoms with Gasteiger partial charge in [0, 0.05) is 23.5 Å². The van der Waals surface area contributed by atoms with Crippen LogP contribution in [0.3, 0.4) is 0 Å². The van der Waals surface area contributed by atoms with Gasteiger partial charge < -0.3 is 10.6 Å². The largest absolute Gasteiger partial charge is 0.354 e. The average Bonchev–Trinajstić information content (AvgIpc) is 3.09. The molecule has 1 aromatic carbocycles. The Hall–Kier alpha value is -1.57. The molecular weight excluding hydrogens is 402 g/mol. The minimum Gasteiger partial charge on any atom is -0.354 e. The monoisotopic (exact) mass is 425 g/mol. The normalized spacial score (nSPS) is 13.0. The van der Waals surface area contributed by atoms with Crippen molar-refractivity contribution in [2.24, 2.45) is 0 Å². The fraction of sp³-hybridized carbons (Fsp3) is 0.421. The molecule has 8 heteroatoms. The first-order valence-electron chi connectivity index (χ1n) is 8.66. The third kappa shape index (κ3) is 6.52. The van der Waals surface area contributed by atoms with Crippen LogP contribution in [-0.2, 0) is 4.79 Å². The van der Waals surface area contributed by atoms with Crippen LogP contribution in [0.2, 0.25) is 5.02 Å². The molecule has 0 aliphatic rings. The smallest absolute Gasteiger partial charge is 0.253 e.